The molecule has 0 saturated heterocycles. The van der Waals surface area contributed by atoms with Crippen LogP contribution in [0.2, 0.25) is 0 Å². The van der Waals surface area contributed by atoms with E-state index < -0.39 is 0 Å². The molecular formula is C27H47ClO. The number of halogens is 1. The molecule has 0 heterocycles. The molecule has 8 atom stereocenters. The van der Waals surface area contributed by atoms with E-state index in [9.17, 15) is 5.11 Å². The average molecular weight is 423 g/mol. The number of hydrogen-bond donors (Lipinski definition) is 1. The van der Waals surface area contributed by atoms with Gasteiger partial charge in [-0.25, -0.2) is 0 Å². The molecule has 0 aromatic carbocycles. The molecule has 4 aliphatic carbocycles. The fourth-order valence-corrected chi connectivity index (χ4v) is 8.67. The average Bonchev–Trinajstić information content (AvgIpc) is 2.99. The molecule has 1 N–H and O–H groups in total. The molecule has 3 saturated carbocycles. The smallest absolute Gasteiger partial charge is 0.0577 e. The molecule has 0 aromatic heterocycles. The molecule has 0 radical (unpaired) electrons. The Bertz CT molecular complexity index is 597. The summed E-state index contributed by atoms with van der Waals surface area (Å²) in [5.41, 5.74) is 2.60. The molecule has 4 unspecified atom stereocenters. The number of aliphatic hydroxyl groups is 1. The van der Waals surface area contributed by atoms with Crippen LogP contribution in [0, 0.1) is 46.3 Å². The Morgan fingerprint density at radius 2 is 1.76 bits per heavy atom. The van der Waals surface area contributed by atoms with Gasteiger partial charge in [-0.3, -0.25) is 0 Å². The summed E-state index contributed by atoms with van der Waals surface area (Å²) in [4.78, 5) is 0. The molecule has 4 aliphatic rings. The summed E-state index contributed by atoms with van der Waals surface area (Å²) in [7, 11) is 0. The fourth-order valence-electron chi connectivity index (χ4n) is 8.67. The van der Waals surface area contributed by atoms with Crippen molar-refractivity contribution in [2.45, 2.75) is 111 Å². The maximum absolute atomic E-state index is 10.2. The van der Waals surface area contributed by atoms with E-state index in [-0.39, 0.29) is 18.5 Å². The van der Waals surface area contributed by atoms with E-state index in [2.05, 4.69) is 40.7 Å². The van der Waals surface area contributed by atoms with Crippen molar-refractivity contribution in [3.63, 3.8) is 0 Å². The zero-order chi connectivity index (χ0) is 20.1. The summed E-state index contributed by atoms with van der Waals surface area (Å²) in [6.07, 6.45) is 17.2. The van der Waals surface area contributed by atoms with Crippen LogP contribution < -0.4 is 0 Å². The molecule has 0 aromatic rings. The molecule has 0 spiro atoms. The summed E-state index contributed by atoms with van der Waals surface area (Å²) in [6, 6.07) is 0. The van der Waals surface area contributed by atoms with Gasteiger partial charge in [-0.15, -0.1) is 12.4 Å². The SMILES string of the molecule is CC(C)CCCC(C)[C@H]1CCC2C3CC=C4C[C@@H](O)CC[C@]4(C)C3CC[C@@]21C.Cl. The van der Waals surface area contributed by atoms with Crippen molar-refractivity contribution in [1.82, 2.24) is 0 Å². The van der Waals surface area contributed by atoms with Crippen LogP contribution in [0.5, 0.6) is 0 Å². The van der Waals surface area contributed by atoms with Gasteiger partial charge in [0.15, 0.2) is 0 Å². The van der Waals surface area contributed by atoms with Crippen molar-refractivity contribution in [2.24, 2.45) is 46.3 Å². The first kappa shape index (κ1) is 23.6. The van der Waals surface area contributed by atoms with Crippen LogP contribution in [-0.4, -0.2) is 11.2 Å². The van der Waals surface area contributed by atoms with Crippen molar-refractivity contribution in [3.05, 3.63) is 11.6 Å². The lowest BCUT2D eigenvalue weighted by molar-refractivity contribution is -0.0573. The van der Waals surface area contributed by atoms with Gasteiger partial charge in [0.2, 0.25) is 0 Å². The van der Waals surface area contributed by atoms with E-state index in [1.165, 1.54) is 57.8 Å². The van der Waals surface area contributed by atoms with Gasteiger partial charge >= 0.3 is 0 Å². The zero-order valence-corrected chi connectivity index (χ0v) is 20.6. The Labute approximate surface area is 186 Å². The van der Waals surface area contributed by atoms with Gasteiger partial charge in [-0.05, 0) is 97.7 Å². The highest BCUT2D eigenvalue weighted by atomic mass is 35.5. The predicted octanol–water partition coefficient (Wildman–Crippen LogP) is 7.81. The van der Waals surface area contributed by atoms with Crippen LogP contribution >= 0.6 is 12.4 Å². The van der Waals surface area contributed by atoms with Crippen LogP contribution in [0.3, 0.4) is 0 Å². The number of allylic oxidation sites excluding steroid dienone is 1. The summed E-state index contributed by atoms with van der Waals surface area (Å²) in [5.74, 6) is 5.46. The predicted molar refractivity (Wildman–Crippen MR) is 126 cm³/mol. The molecule has 0 aliphatic heterocycles. The molecule has 168 valence electrons. The first-order valence-electron chi connectivity index (χ1n) is 12.6. The van der Waals surface area contributed by atoms with Crippen LogP contribution in [0.4, 0.5) is 0 Å². The van der Waals surface area contributed by atoms with Gasteiger partial charge in [0.05, 0.1) is 6.10 Å². The maximum atomic E-state index is 10.2. The number of fused-ring (bicyclic) bond motifs is 5. The topological polar surface area (TPSA) is 20.2 Å². The summed E-state index contributed by atoms with van der Waals surface area (Å²) in [6.45, 7) is 12.6. The molecule has 2 heteroatoms. The summed E-state index contributed by atoms with van der Waals surface area (Å²) < 4.78 is 0. The Morgan fingerprint density at radius 3 is 2.48 bits per heavy atom. The van der Waals surface area contributed by atoms with E-state index in [4.69, 9.17) is 0 Å². The summed E-state index contributed by atoms with van der Waals surface area (Å²) >= 11 is 0. The molecular weight excluding hydrogens is 376 g/mol. The lowest BCUT2D eigenvalue weighted by atomic mass is 9.47. The van der Waals surface area contributed by atoms with Crippen molar-refractivity contribution in [1.29, 1.82) is 0 Å². The Morgan fingerprint density at radius 1 is 1.00 bits per heavy atom. The minimum Gasteiger partial charge on any atom is -0.393 e. The minimum atomic E-state index is -0.0766. The Balaban J connectivity index is 0.00000240. The molecule has 3 fully saturated rings. The van der Waals surface area contributed by atoms with Crippen LogP contribution in [0.1, 0.15) is 105 Å². The van der Waals surface area contributed by atoms with Crippen molar-refractivity contribution in [3.8, 4) is 0 Å². The van der Waals surface area contributed by atoms with Gasteiger partial charge in [-0.2, -0.15) is 0 Å². The van der Waals surface area contributed by atoms with Crippen molar-refractivity contribution < 1.29 is 5.11 Å². The van der Waals surface area contributed by atoms with Crippen LogP contribution in [0.15, 0.2) is 11.6 Å². The maximum Gasteiger partial charge on any atom is 0.0577 e. The highest BCUT2D eigenvalue weighted by Crippen LogP contribution is 2.67. The van der Waals surface area contributed by atoms with Crippen LogP contribution in [-0.2, 0) is 0 Å². The number of hydrogen-bond acceptors (Lipinski definition) is 1. The van der Waals surface area contributed by atoms with Crippen molar-refractivity contribution in [2.75, 3.05) is 0 Å². The normalized spacial score (nSPS) is 44.9. The van der Waals surface area contributed by atoms with E-state index >= 15 is 0 Å². The molecule has 1 nitrogen and oxygen atoms in total. The number of rotatable bonds is 5. The largest absolute Gasteiger partial charge is 0.393 e. The second-order valence-corrected chi connectivity index (χ2v) is 12.2. The van der Waals surface area contributed by atoms with Crippen molar-refractivity contribution >= 4 is 12.4 Å². The zero-order valence-electron chi connectivity index (χ0n) is 19.8. The number of aliphatic hydroxyl groups excluding tert-OH is 1. The second-order valence-electron chi connectivity index (χ2n) is 12.2. The van der Waals surface area contributed by atoms with E-state index in [1.54, 1.807) is 5.57 Å². The lowest BCUT2D eigenvalue weighted by Gasteiger charge is -2.58. The molecule has 0 amide bonds. The van der Waals surface area contributed by atoms with E-state index in [0.29, 0.717) is 10.8 Å². The molecule has 4 rings (SSSR count). The van der Waals surface area contributed by atoms with Gasteiger partial charge < -0.3 is 5.11 Å². The van der Waals surface area contributed by atoms with Gasteiger partial charge in [0.1, 0.15) is 0 Å². The summed E-state index contributed by atoms with van der Waals surface area (Å²) in [5, 5.41) is 10.2. The third-order valence-electron chi connectivity index (χ3n) is 10.3. The van der Waals surface area contributed by atoms with Gasteiger partial charge in [0, 0.05) is 0 Å². The first-order valence-corrected chi connectivity index (χ1v) is 12.6. The van der Waals surface area contributed by atoms with Crippen LogP contribution in [0.25, 0.3) is 0 Å². The standard InChI is InChI=1S/C27H46O.ClH/c1-18(2)7-6-8-19(3)23-11-12-24-22-10-9-20-17-21(28)13-15-26(20,4)25(22)14-16-27(23,24)5;/h9,18-19,21-25,28H,6-8,10-17H2,1-5H3;1H/t19?,21-,22?,23+,24?,25?,26-,27+;/m0./s1. The van der Waals surface area contributed by atoms with Gasteiger partial charge in [0.25, 0.3) is 0 Å². The lowest BCUT2D eigenvalue weighted by Crippen LogP contribution is -2.50. The first-order chi connectivity index (χ1) is 13.3. The second kappa shape index (κ2) is 8.85. The molecule has 29 heavy (non-hydrogen) atoms. The van der Waals surface area contributed by atoms with E-state index in [1.807, 2.05) is 0 Å². The highest BCUT2D eigenvalue weighted by molar-refractivity contribution is 5.85. The Kier molecular flexibility index (Phi) is 7.22. The van der Waals surface area contributed by atoms with E-state index in [0.717, 1.165) is 48.3 Å². The van der Waals surface area contributed by atoms with Gasteiger partial charge in [-0.1, -0.05) is 65.5 Å². The fraction of sp³-hybridized carbons (Fsp3) is 0.926. The monoisotopic (exact) mass is 422 g/mol. The third-order valence-corrected chi connectivity index (χ3v) is 10.3. The molecule has 0 bridgehead atoms. The minimum absolute atomic E-state index is 0. The third kappa shape index (κ3) is 4.09. The quantitative estimate of drug-likeness (QED) is 0.447. The Hall–Kier alpha value is -0.0100. The highest BCUT2D eigenvalue weighted by Gasteiger charge is 2.59.